The number of benzene rings is 2. The Hall–Kier alpha value is -3.41. The fraction of sp³-hybridized carbons (Fsp3) is 0.150. The molecular formula is C20H21N5O. The normalized spacial score (nSPS) is 16.3. The predicted molar refractivity (Wildman–Crippen MR) is 106 cm³/mol. The molecule has 0 aromatic heterocycles. The molecule has 0 bridgehead atoms. The molecule has 4 N–H and O–H groups in total. The molecule has 0 unspecified atom stereocenters. The second-order valence-electron chi connectivity index (χ2n) is 6.43. The lowest BCUT2D eigenvalue weighted by Gasteiger charge is -2.38. The van der Waals surface area contributed by atoms with Crippen LogP contribution >= 0.6 is 0 Å². The number of nitrogens with two attached hydrogens (primary N) is 2. The Bertz CT molecular complexity index is 913. The Balaban J connectivity index is 1.88. The van der Waals surface area contributed by atoms with Crippen molar-refractivity contribution in [2.24, 2.45) is 21.5 Å². The molecule has 0 saturated carbocycles. The van der Waals surface area contributed by atoms with Gasteiger partial charge in [0.2, 0.25) is 11.9 Å². The number of carbonyl (C=O) groups excluding carboxylic acids is 1. The number of anilines is 1. The number of nitrogens with zero attached hydrogens (tertiary/aromatic N) is 3. The zero-order valence-electron chi connectivity index (χ0n) is 14.8. The van der Waals surface area contributed by atoms with Crippen molar-refractivity contribution in [3.8, 4) is 0 Å². The number of hydrogen-bond acceptors (Lipinski definition) is 6. The maximum atomic E-state index is 12.5. The number of carbonyl (C=O) groups is 1. The Morgan fingerprint density at radius 1 is 1.08 bits per heavy atom. The van der Waals surface area contributed by atoms with Crippen molar-refractivity contribution in [2.45, 2.75) is 19.5 Å². The van der Waals surface area contributed by atoms with Crippen molar-refractivity contribution in [3.05, 3.63) is 71.8 Å². The van der Waals surface area contributed by atoms with Gasteiger partial charge in [-0.15, -0.1) is 0 Å². The summed E-state index contributed by atoms with van der Waals surface area (Å²) in [7, 11) is 0. The fourth-order valence-corrected chi connectivity index (χ4v) is 2.88. The van der Waals surface area contributed by atoms with Gasteiger partial charge in [0.1, 0.15) is 5.66 Å². The second kappa shape index (κ2) is 6.84. The minimum Gasteiger partial charge on any atom is -0.369 e. The summed E-state index contributed by atoms with van der Waals surface area (Å²) in [6, 6.07) is 16.9. The van der Waals surface area contributed by atoms with Crippen molar-refractivity contribution in [2.75, 3.05) is 4.90 Å². The summed E-state index contributed by atoms with van der Waals surface area (Å²) in [5.74, 6) is 0.290. The van der Waals surface area contributed by atoms with E-state index >= 15 is 0 Å². The van der Waals surface area contributed by atoms with Gasteiger partial charge in [-0.3, -0.25) is 9.69 Å². The van der Waals surface area contributed by atoms with Crippen LogP contribution in [-0.4, -0.2) is 23.4 Å². The van der Waals surface area contributed by atoms with Gasteiger partial charge in [-0.2, -0.15) is 4.99 Å². The van der Waals surface area contributed by atoms with Crippen LogP contribution in [0.1, 0.15) is 29.8 Å². The molecule has 0 saturated heterocycles. The molecule has 2 aromatic rings. The summed E-state index contributed by atoms with van der Waals surface area (Å²) in [4.78, 5) is 22.6. The van der Waals surface area contributed by atoms with Crippen LogP contribution in [0.4, 0.5) is 5.69 Å². The van der Waals surface area contributed by atoms with Crippen LogP contribution in [0.5, 0.6) is 0 Å². The first-order valence-corrected chi connectivity index (χ1v) is 8.24. The zero-order valence-corrected chi connectivity index (χ0v) is 14.8. The third-order valence-electron chi connectivity index (χ3n) is 4.01. The van der Waals surface area contributed by atoms with Crippen LogP contribution in [-0.2, 0) is 0 Å². The highest BCUT2D eigenvalue weighted by molar-refractivity contribution is 6.09. The number of allylic oxidation sites excluding steroid dienone is 1. The number of ketones is 1. The van der Waals surface area contributed by atoms with Crippen molar-refractivity contribution in [1.29, 1.82) is 0 Å². The van der Waals surface area contributed by atoms with Crippen LogP contribution in [0, 0.1) is 0 Å². The molecular weight excluding hydrogens is 326 g/mol. The van der Waals surface area contributed by atoms with Gasteiger partial charge in [-0.05, 0) is 37.6 Å². The SMILES string of the molecule is CC1(C)N=C(N)N=C(N)N1c1cccc(C(=O)/C=C/c2ccccc2)c1. The standard InChI is InChI=1S/C20H21N5O/c1-20(2)24-18(21)23-19(22)25(20)16-10-6-9-15(13-16)17(26)12-11-14-7-4-3-5-8-14/h3-13H,1-2H3,(H4,21,22,23,24)/b12-11+. The van der Waals surface area contributed by atoms with E-state index in [1.54, 1.807) is 29.2 Å². The van der Waals surface area contributed by atoms with E-state index in [2.05, 4.69) is 9.98 Å². The molecule has 6 nitrogen and oxygen atoms in total. The lowest BCUT2D eigenvalue weighted by Crippen LogP contribution is -2.54. The molecule has 0 amide bonds. The molecule has 2 aromatic carbocycles. The van der Waals surface area contributed by atoms with Gasteiger partial charge in [-0.25, -0.2) is 4.99 Å². The molecule has 3 rings (SSSR count). The van der Waals surface area contributed by atoms with Gasteiger partial charge < -0.3 is 11.5 Å². The Morgan fingerprint density at radius 2 is 1.81 bits per heavy atom. The molecule has 6 heteroatoms. The molecule has 1 heterocycles. The second-order valence-corrected chi connectivity index (χ2v) is 6.43. The fourth-order valence-electron chi connectivity index (χ4n) is 2.88. The average Bonchev–Trinajstić information content (AvgIpc) is 2.59. The van der Waals surface area contributed by atoms with E-state index in [0.29, 0.717) is 5.56 Å². The highest BCUT2D eigenvalue weighted by atomic mass is 16.1. The quantitative estimate of drug-likeness (QED) is 0.656. The largest absolute Gasteiger partial charge is 0.369 e. The molecule has 0 spiro atoms. The van der Waals surface area contributed by atoms with Gasteiger partial charge in [0.25, 0.3) is 0 Å². The molecule has 1 aliphatic heterocycles. The topological polar surface area (TPSA) is 97.1 Å². The molecule has 26 heavy (non-hydrogen) atoms. The third kappa shape index (κ3) is 3.64. The lowest BCUT2D eigenvalue weighted by atomic mass is 10.1. The molecule has 0 aliphatic carbocycles. The Morgan fingerprint density at radius 3 is 2.50 bits per heavy atom. The molecule has 0 atom stereocenters. The maximum Gasteiger partial charge on any atom is 0.220 e. The van der Waals surface area contributed by atoms with Crippen LogP contribution in [0.25, 0.3) is 6.08 Å². The summed E-state index contributed by atoms with van der Waals surface area (Å²) in [5.41, 5.74) is 13.3. The van der Waals surface area contributed by atoms with E-state index in [0.717, 1.165) is 11.3 Å². The summed E-state index contributed by atoms with van der Waals surface area (Å²) >= 11 is 0. The first-order chi connectivity index (χ1) is 12.4. The maximum absolute atomic E-state index is 12.5. The van der Waals surface area contributed by atoms with Gasteiger partial charge in [0, 0.05) is 11.3 Å². The first-order valence-electron chi connectivity index (χ1n) is 8.24. The van der Waals surface area contributed by atoms with E-state index in [4.69, 9.17) is 11.5 Å². The van der Waals surface area contributed by atoms with Crippen LogP contribution in [0.3, 0.4) is 0 Å². The average molecular weight is 347 g/mol. The third-order valence-corrected chi connectivity index (χ3v) is 4.01. The zero-order chi connectivity index (χ0) is 18.7. The number of aliphatic imine (C=N–C) groups is 2. The van der Waals surface area contributed by atoms with E-state index in [-0.39, 0.29) is 17.7 Å². The van der Waals surface area contributed by atoms with E-state index < -0.39 is 5.66 Å². The summed E-state index contributed by atoms with van der Waals surface area (Å²) in [5, 5.41) is 0. The molecule has 132 valence electrons. The van der Waals surface area contributed by atoms with Crippen molar-refractivity contribution >= 4 is 29.5 Å². The van der Waals surface area contributed by atoms with Crippen LogP contribution in [0.15, 0.2) is 70.7 Å². The summed E-state index contributed by atoms with van der Waals surface area (Å²) in [6.07, 6.45) is 3.35. The molecule has 1 aliphatic rings. The highest BCUT2D eigenvalue weighted by Crippen LogP contribution is 2.28. The molecule has 0 radical (unpaired) electrons. The Labute approximate surface area is 152 Å². The van der Waals surface area contributed by atoms with Crippen molar-refractivity contribution in [1.82, 2.24) is 0 Å². The van der Waals surface area contributed by atoms with Crippen molar-refractivity contribution in [3.63, 3.8) is 0 Å². The lowest BCUT2D eigenvalue weighted by molar-refractivity contribution is 0.104. The number of hydrogen-bond donors (Lipinski definition) is 2. The van der Waals surface area contributed by atoms with Crippen LogP contribution < -0.4 is 16.4 Å². The number of rotatable bonds is 4. The summed E-state index contributed by atoms with van der Waals surface area (Å²) in [6.45, 7) is 3.76. The monoisotopic (exact) mass is 347 g/mol. The van der Waals surface area contributed by atoms with E-state index in [9.17, 15) is 4.79 Å². The van der Waals surface area contributed by atoms with Gasteiger partial charge in [0.15, 0.2) is 5.78 Å². The van der Waals surface area contributed by atoms with Crippen molar-refractivity contribution < 1.29 is 4.79 Å². The Kier molecular flexibility index (Phi) is 4.58. The minimum absolute atomic E-state index is 0.0935. The minimum atomic E-state index is -0.697. The van der Waals surface area contributed by atoms with E-state index in [1.165, 1.54) is 0 Å². The first kappa shape index (κ1) is 17.4. The number of guanidine groups is 2. The van der Waals surface area contributed by atoms with E-state index in [1.807, 2.05) is 56.3 Å². The van der Waals surface area contributed by atoms with Crippen LogP contribution in [0.2, 0.25) is 0 Å². The van der Waals surface area contributed by atoms with Gasteiger partial charge in [-0.1, -0.05) is 48.5 Å². The smallest absolute Gasteiger partial charge is 0.220 e. The predicted octanol–water partition coefficient (Wildman–Crippen LogP) is 2.77. The van der Waals surface area contributed by atoms with Gasteiger partial charge >= 0.3 is 0 Å². The van der Waals surface area contributed by atoms with Gasteiger partial charge in [0.05, 0.1) is 0 Å². The summed E-state index contributed by atoms with van der Waals surface area (Å²) < 4.78 is 0. The highest BCUT2D eigenvalue weighted by Gasteiger charge is 2.33. The molecule has 0 fully saturated rings.